The zero-order valence-electron chi connectivity index (χ0n) is 16.6. The number of benzene rings is 2. The van der Waals surface area contributed by atoms with Crippen LogP contribution in [0.1, 0.15) is 32.1 Å². The number of fused-ring (bicyclic) bond motifs is 1. The number of halogens is 3. The molecule has 11 heteroatoms. The number of carbonyl (C=O) groups is 2. The minimum atomic E-state index is -0.881. The number of anilines is 1. The summed E-state index contributed by atoms with van der Waals surface area (Å²) in [7, 11) is 0. The summed E-state index contributed by atoms with van der Waals surface area (Å²) in [6.45, 7) is 1.57. The summed E-state index contributed by atoms with van der Waals surface area (Å²) in [5.74, 6) is -3.48. The van der Waals surface area contributed by atoms with E-state index in [-0.39, 0.29) is 34.7 Å². The third kappa shape index (κ3) is 4.00. The van der Waals surface area contributed by atoms with Crippen molar-refractivity contribution in [1.82, 2.24) is 20.0 Å². The summed E-state index contributed by atoms with van der Waals surface area (Å²) in [6, 6.07) is 7.97. The van der Waals surface area contributed by atoms with Crippen LogP contribution in [0.2, 0.25) is 0 Å². The molecule has 0 fully saturated rings. The van der Waals surface area contributed by atoms with E-state index in [1.165, 1.54) is 22.9 Å². The van der Waals surface area contributed by atoms with Crippen molar-refractivity contribution >= 4 is 28.5 Å². The van der Waals surface area contributed by atoms with E-state index in [4.69, 9.17) is 5.73 Å². The zero-order chi connectivity index (χ0) is 23.0. The van der Waals surface area contributed by atoms with Crippen LogP contribution in [0.3, 0.4) is 0 Å². The van der Waals surface area contributed by atoms with Crippen LogP contribution in [0.15, 0.2) is 42.5 Å². The summed E-state index contributed by atoms with van der Waals surface area (Å²) < 4.78 is 42.0. The smallest absolute Gasteiger partial charge is 0.267 e. The molecule has 0 saturated carbocycles. The van der Waals surface area contributed by atoms with E-state index in [9.17, 15) is 22.8 Å². The van der Waals surface area contributed by atoms with Crippen LogP contribution in [0.5, 0.6) is 0 Å². The molecule has 4 rings (SSSR count). The van der Waals surface area contributed by atoms with E-state index < -0.39 is 29.3 Å². The summed E-state index contributed by atoms with van der Waals surface area (Å²) in [5.41, 5.74) is 5.77. The number of nitrogens with two attached hydrogens (primary N) is 1. The molecule has 8 nitrogen and oxygen atoms in total. The van der Waals surface area contributed by atoms with Gasteiger partial charge in [-0.2, -0.15) is 0 Å². The fraction of sp³-hybridized carbons (Fsp3) is 0.0952. The first-order valence-corrected chi connectivity index (χ1v) is 9.28. The van der Waals surface area contributed by atoms with E-state index in [0.29, 0.717) is 11.1 Å². The highest BCUT2D eigenvalue weighted by Gasteiger charge is 2.19. The number of amides is 2. The Labute approximate surface area is 178 Å². The maximum Gasteiger partial charge on any atom is 0.267 e. The predicted octanol–water partition coefficient (Wildman–Crippen LogP) is 2.95. The first-order chi connectivity index (χ1) is 15.2. The Bertz CT molecular complexity index is 1390. The van der Waals surface area contributed by atoms with Gasteiger partial charge in [-0.15, -0.1) is 5.10 Å². The van der Waals surface area contributed by atoms with Gasteiger partial charge in [0, 0.05) is 23.1 Å². The minimum Gasteiger partial charge on any atom is -0.364 e. The molecule has 0 aliphatic carbocycles. The largest absolute Gasteiger partial charge is 0.364 e. The molecule has 0 saturated heterocycles. The van der Waals surface area contributed by atoms with Gasteiger partial charge in [-0.05, 0) is 31.2 Å². The SMILES string of the molecule is Cc1c(NC(=O)c2cc(C(N)=O)nc3cc(F)ccc23)nnn1Cc1ccc(F)cc1F. The topological polar surface area (TPSA) is 116 Å². The van der Waals surface area contributed by atoms with Crippen molar-refractivity contribution in [3.63, 3.8) is 0 Å². The average Bonchev–Trinajstić information content (AvgIpc) is 3.08. The fourth-order valence-electron chi connectivity index (χ4n) is 3.13. The average molecular weight is 440 g/mol. The van der Waals surface area contributed by atoms with Gasteiger partial charge in [-0.25, -0.2) is 22.8 Å². The minimum absolute atomic E-state index is 0.0299. The molecule has 0 spiro atoms. The molecule has 4 aromatic rings. The molecule has 0 atom stereocenters. The Hall–Kier alpha value is -4.28. The molecule has 162 valence electrons. The summed E-state index contributed by atoms with van der Waals surface area (Å²) in [6.07, 6.45) is 0. The third-order valence-electron chi connectivity index (χ3n) is 4.82. The van der Waals surface area contributed by atoms with Gasteiger partial charge in [0.1, 0.15) is 23.1 Å². The summed E-state index contributed by atoms with van der Waals surface area (Å²) in [5, 5.41) is 10.7. The Balaban J connectivity index is 1.65. The molecular formula is C21H15F3N6O2. The molecule has 32 heavy (non-hydrogen) atoms. The highest BCUT2D eigenvalue weighted by molar-refractivity contribution is 6.13. The number of nitrogens with zero attached hydrogens (tertiary/aromatic N) is 4. The Morgan fingerprint density at radius 1 is 1.06 bits per heavy atom. The molecule has 2 aromatic heterocycles. The standard InChI is InChI=1S/C21H15F3N6O2/c1-10-20(28-29-30(10)9-11-2-3-12(22)6-16(11)24)27-21(32)15-8-18(19(25)31)26-17-7-13(23)4-5-14(15)17/h2-8H,9H2,1H3,(H2,25,31)(H,27,32). The zero-order valence-corrected chi connectivity index (χ0v) is 16.6. The lowest BCUT2D eigenvalue weighted by molar-refractivity contribution is 0.0996. The van der Waals surface area contributed by atoms with Gasteiger partial charge >= 0.3 is 0 Å². The van der Waals surface area contributed by atoms with Gasteiger partial charge in [0.2, 0.25) is 0 Å². The Kier molecular flexibility index (Phi) is 5.31. The van der Waals surface area contributed by atoms with Gasteiger partial charge in [0.15, 0.2) is 5.82 Å². The van der Waals surface area contributed by atoms with E-state index in [1.54, 1.807) is 6.92 Å². The quantitative estimate of drug-likeness (QED) is 0.495. The van der Waals surface area contributed by atoms with Crippen molar-refractivity contribution in [2.75, 3.05) is 5.32 Å². The van der Waals surface area contributed by atoms with Crippen LogP contribution in [0, 0.1) is 24.4 Å². The molecule has 2 aromatic carbocycles. The first kappa shape index (κ1) is 21.0. The monoisotopic (exact) mass is 440 g/mol. The number of hydrogen-bond donors (Lipinski definition) is 2. The number of nitrogens with one attached hydrogen (secondary N) is 1. The number of aromatic nitrogens is 4. The molecule has 0 bridgehead atoms. The van der Waals surface area contributed by atoms with E-state index in [2.05, 4.69) is 20.6 Å². The van der Waals surface area contributed by atoms with Gasteiger partial charge < -0.3 is 11.1 Å². The fourth-order valence-corrected chi connectivity index (χ4v) is 3.13. The molecule has 0 aliphatic heterocycles. The second kappa shape index (κ2) is 8.10. The van der Waals surface area contributed by atoms with Crippen LogP contribution in [-0.4, -0.2) is 31.8 Å². The molecule has 3 N–H and O–H groups in total. The van der Waals surface area contributed by atoms with Crippen molar-refractivity contribution in [3.8, 4) is 0 Å². The van der Waals surface area contributed by atoms with Crippen molar-refractivity contribution in [3.05, 3.63) is 82.4 Å². The van der Waals surface area contributed by atoms with Crippen molar-refractivity contribution in [1.29, 1.82) is 0 Å². The lowest BCUT2D eigenvalue weighted by Crippen LogP contribution is -2.18. The molecule has 2 heterocycles. The predicted molar refractivity (Wildman–Crippen MR) is 108 cm³/mol. The van der Waals surface area contributed by atoms with Crippen LogP contribution < -0.4 is 11.1 Å². The van der Waals surface area contributed by atoms with Gasteiger partial charge in [-0.3, -0.25) is 9.59 Å². The maximum absolute atomic E-state index is 13.9. The molecular weight excluding hydrogens is 425 g/mol. The maximum atomic E-state index is 13.9. The number of pyridine rings is 1. The van der Waals surface area contributed by atoms with Crippen LogP contribution >= 0.6 is 0 Å². The van der Waals surface area contributed by atoms with Crippen molar-refractivity contribution < 1.29 is 22.8 Å². The first-order valence-electron chi connectivity index (χ1n) is 9.28. The van der Waals surface area contributed by atoms with Crippen LogP contribution in [-0.2, 0) is 6.54 Å². The van der Waals surface area contributed by atoms with Gasteiger partial charge in [0.05, 0.1) is 23.3 Å². The number of rotatable bonds is 5. The van der Waals surface area contributed by atoms with Gasteiger partial charge in [-0.1, -0.05) is 11.3 Å². The highest BCUT2D eigenvalue weighted by atomic mass is 19.1. The molecule has 0 aliphatic rings. The van der Waals surface area contributed by atoms with E-state index in [1.807, 2.05) is 0 Å². The molecule has 0 unspecified atom stereocenters. The lowest BCUT2D eigenvalue weighted by Gasteiger charge is -2.09. The second-order valence-electron chi connectivity index (χ2n) is 6.95. The van der Waals surface area contributed by atoms with Crippen LogP contribution in [0.4, 0.5) is 19.0 Å². The number of carbonyl (C=O) groups excluding carboxylic acids is 2. The van der Waals surface area contributed by atoms with E-state index in [0.717, 1.165) is 24.3 Å². The lowest BCUT2D eigenvalue weighted by atomic mass is 10.1. The molecule has 2 amide bonds. The Morgan fingerprint density at radius 2 is 1.78 bits per heavy atom. The van der Waals surface area contributed by atoms with Crippen molar-refractivity contribution in [2.24, 2.45) is 5.73 Å². The summed E-state index contributed by atoms with van der Waals surface area (Å²) >= 11 is 0. The highest BCUT2D eigenvalue weighted by Crippen LogP contribution is 2.22. The van der Waals surface area contributed by atoms with E-state index >= 15 is 0 Å². The second-order valence-corrected chi connectivity index (χ2v) is 6.95. The third-order valence-corrected chi connectivity index (χ3v) is 4.82. The van der Waals surface area contributed by atoms with Gasteiger partial charge in [0.25, 0.3) is 11.8 Å². The number of primary amides is 1. The number of hydrogen-bond acceptors (Lipinski definition) is 5. The molecule has 0 radical (unpaired) electrons. The normalized spacial score (nSPS) is 11.0. The van der Waals surface area contributed by atoms with Crippen LogP contribution in [0.25, 0.3) is 10.9 Å². The summed E-state index contributed by atoms with van der Waals surface area (Å²) in [4.78, 5) is 28.5. The Morgan fingerprint density at radius 3 is 2.50 bits per heavy atom. The van der Waals surface area contributed by atoms with Crippen molar-refractivity contribution in [2.45, 2.75) is 13.5 Å².